The maximum Gasteiger partial charge on any atom is 0.240 e. The van der Waals surface area contributed by atoms with Crippen molar-refractivity contribution in [3.63, 3.8) is 0 Å². The van der Waals surface area contributed by atoms with Crippen LogP contribution in [0, 0.1) is 23.2 Å². The number of nitrogens with zero attached hydrogens (tertiary/aromatic N) is 1. The average Bonchev–Trinajstić information content (AvgIpc) is 2.60. The monoisotopic (exact) mass is 276 g/mol. The minimum atomic E-state index is 0.00126. The molecule has 4 saturated carbocycles. The zero-order chi connectivity index (χ0) is 14.1. The van der Waals surface area contributed by atoms with E-state index in [1.54, 1.807) is 0 Å². The molecule has 3 heteroatoms. The summed E-state index contributed by atoms with van der Waals surface area (Å²) in [5, 5.41) is 3.41. The van der Waals surface area contributed by atoms with Crippen molar-refractivity contribution in [1.82, 2.24) is 10.2 Å². The summed E-state index contributed by atoms with van der Waals surface area (Å²) in [4.78, 5) is 14.7. The molecule has 3 nitrogen and oxygen atoms in total. The number of hydrogen-bond donors (Lipinski definition) is 1. The van der Waals surface area contributed by atoms with Gasteiger partial charge in [-0.25, -0.2) is 0 Å². The maximum atomic E-state index is 12.5. The first-order valence-electron chi connectivity index (χ1n) is 8.57. The lowest BCUT2D eigenvalue weighted by Gasteiger charge is -2.60. The van der Waals surface area contributed by atoms with Crippen LogP contribution >= 0.6 is 0 Å². The number of rotatable bonds is 2. The summed E-state index contributed by atoms with van der Waals surface area (Å²) in [7, 11) is 0. The summed E-state index contributed by atoms with van der Waals surface area (Å²) >= 11 is 0. The fourth-order valence-electron chi connectivity index (χ4n) is 6.44. The predicted molar refractivity (Wildman–Crippen MR) is 79.0 cm³/mol. The lowest BCUT2D eigenvalue weighted by atomic mass is 9.47. The Bertz CT molecular complexity index is 397. The van der Waals surface area contributed by atoms with Crippen molar-refractivity contribution in [2.24, 2.45) is 23.2 Å². The highest BCUT2D eigenvalue weighted by atomic mass is 16.2. The third kappa shape index (κ3) is 1.71. The number of amides is 1. The molecule has 4 bridgehead atoms. The minimum Gasteiger partial charge on any atom is -0.323 e. The van der Waals surface area contributed by atoms with Crippen molar-refractivity contribution in [2.45, 2.75) is 77.5 Å². The second-order valence-electron chi connectivity index (χ2n) is 8.27. The number of carbonyl (C=O) groups is 1. The first-order valence-corrected chi connectivity index (χ1v) is 8.57. The molecular weight excluding hydrogens is 248 g/mol. The van der Waals surface area contributed by atoms with Gasteiger partial charge in [0, 0.05) is 6.04 Å². The molecule has 112 valence electrons. The lowest BCUT2D eigenvalue weighted by Crippen LogP contribution is -2.58. The second-order valence-corrected chi connectivity index (χ2v) is 8.27. The highest BCUT2D eigenvalue weighted by Crippen LogP contribution is 2.62. The van der Waals surface area contributed by atoms with Gasteiger partial charge >= 0.3 is 0 Å². The van der Waals surface area contributed by atoms with E-state index in [-0.39, 0.29) is 12.2 Å². The lowest BCUT2D eigenvalue weighted by molar-refractivity contribution is -0.143. The Hall–Kier alpha value is -0.570. The molecule has 5 aliphatic rings. The van der Waals surface area contributed by atoms with E-state index in [9.17, 15) is 4.79 Å². The van der Waals surface area contributed by atoms with Gasteiger partial charge in [-0.2, -0.15) is 0 Å². The molecule has 0 aromatic heterocycles. The van der Waals surface area contributed by atoms with Gasteiger partial charge in [0.1, 0.15) is 0 Å². The van der Waals surface area contributed by atoms with E-state index in [1.807, 2.05) is 6.92 Å². The van der Waals surface area contributed by atoms with Gasteiger partial charge in [-0.05, 0) is 82.5 Å². The Morgan fingerprint density at radius 2 is 1.60 bits per heavy atom. The highest BCUT2D eigenvalue weighted by Gasteiger charge is 2.56. The van der Waals surface area contributed by atoms with Gasteiger partial charge < -0.3 is 4.90 Å². The Kier molecular flexibility index (Phi) is 2.77. The molecule has 5 fully saturated rings. The Balaban J connectivity index is 1.62. The molecular formula is C17H28N2O. The molecule has 1 heterocycles. The van der Waals surface area contributed by atoms with Crippen LogP contribution in [0.1, 0.15) is 59.3 Å². The van der Waals surface area contributed by atoms with E-state index < -0.39 is 0 Å². The normalized spacial score (nSPS) is 51.9. The minimum absolute atomic E-state index is 0.00126. The van der Waals surface area contributed by atoms with E-state index in [4.69, 9.17) is 0 Å². The summed E-state index contributed by atoms with van der Waals surface area (Å²) in [6.45, 7) is 6.49. The van der Waals surface area contributed by atoms with Crippen LogP contribution in [-0.2, 0) is 4.79 Å². The topological polar surface area (TPSA) is 32.3 Å². The molecule has 0 radical (unpaired) electrons. The smallest absolute Gasteiger partial charge is 0.240 e. The third-order valence-electron chi connectivity index (χ3n) is 6.92. The fraction of sp³-hybridized carbons (Fsp3) is 0.941. The van der Waals surface area contributed by atoms with E-state index in [0.29, 0.717) is 17.4 Å². The molecule has 1 saturated heterocycles. The summed E-state index contributed by atoms with van der Waals surface area (Å²) in [5.74, 6) is 3.20. The van der Waals surface area contributed by atoms with Gasteiger partial charge in [-0.15, -0.1) is 0 Å². The molecule has 5 rings (SSSR count). The van der Waals surface area contributed by atoms with E-state index in [1.165, 1.54) is 38.5 Å². The van der Waals surface area contributed by atoms with Crippen molar-refractivity contribution >= 4 is 5.91 Å². The number of hydrogen-bond acceptors (Lipinski definition) is 2. The molecule has 1 N–H and O–H groups in total. The van der Waals surface area contributed by atoms with E-state index >= 15 is 0 Å². The predicted octanol–water partition coefficient (Wildman–Crippen LogP) is 2.76. The highest BCUT2D eigenvalue weighted by molar-refractivity contribution is 5.84. The van der Waals surface area contributed by atoms with Crippen LogP contribution in [0.3, 0.4) is 0 Å². The zero-order valence-electron chi connectivity index (χ0n) is 13.1. The molecule has 3 unspecified atom stereocenters. The van der Waals surface area contributed by atoms with Crippen LogP contribution in [0.5, 0.6) is 0 Å². The van der Waals surface area contributed by atoms with Crippen molar-refractivity contribution < 1.29 is 4.79 Å². The van der Waals surface area contributed by atoms with Crippen molar-refractivity contribution in [2.75, 3.05) is 0 Å². The molecule has 1 aliphatic heterocycles. The Morgan fingerprint density at radius 1 is 1.10 bits per heavy atom. The van der Waals surface area contributed by atoms with E-state index in [0.717, 1.165) is 17.8 Å². The molecule has 0 spiro atoms. The van der Waals surface area contributed by atoms with Gasteiger partial charge in [0.15, 0.2) is 0 Å². The largest absolute Gasteiger partial charge is 0.323 e. The third-order valence-corrected chi connectivity index (χ3v) is 6.92. The van der Waals surface area contributed by atoms with Gasteiger partial charge in [-0.3, -0.25) is 10.1 Å². The van der Waals surface area contributed by atoms with Crippen LogP contribution in [0.4, 0.5) is 0 Å². The van der Waals surface area contributed by atoms with Gasteiger partial charge in [0.05, 0.1) is 12.2 Å². The second kappa shape index (κ2) is 4.22. The SMILES string of the molecule is CC1NC(C)N(C(C)C23CC4CC(CC(C4)C2)C3)C1=O. The molecule has 0 aromatic rings. The number of carbonyl (C=O) groups excluding carboxylic acids is 1. The first kappa shape index (κ1) is 13.1. The quantitative estimate of drug-likeness (QED) is 0.841. The number of nitrogens with one attached hydrogen (secondary N) is 1. The van der Waals surface area contributed by atoms with E-state index in [2.05, 4.69) is 24.1 Å². The van der Waals surface area contributed by atoms with Crippen molar-refractivity contribution in [3.8, 4) is 0 Å². The molecule has 20 heavy (non-hydrogen) atoms. The van der Waals surface area contributed by atoms with Crippen molar-refractivity contribution in [3.05, 3.63) is 0 Å². The summed E-state index contributed by atoms with van der Waals surface area (Å²) < 4.78 is 0. The fourth-order valence-corrected chi connectivity index (χ4v) is 6.44. The summed E-state index contributed by atoms with van der Waals surface area (Å²) in [6.07, 6.45) is 8.78. The zero-order valence-corrected chi connectivity index (χ0v) is 13.1. The molecule has 3 atom stereocenters. The van der Waals surface area contributed by atoms with Crippen molar-refractivity contribution in [1.29, 1.82) is 0 Å². The molecule has 1 amide bonds. The van der Waals surface area contributed by atoms with Crippen LogP contribution in [0.25, 0.3) is 0 Å². The van der Waals surface area contributed by atoms with Gasteiger partial charge in [-0.1, -0.05) is 0 Å². The maximum absolute atomic E-state index is 12.5. The molecule has 4 aliphatic carbocycles. The Labute approximate surface area is 122 Å². The first-order chi connectivity index (χ1) is 9.48. The van der Waals surface area contributed by atoms with Gasteiger partial charge in [0.25, 0.3) is 0 Å². The van der Waals surface area contributed by atoms with Crippen LogP contribution in [0.15, 0.2) is 0 Å². The van der Waals surface area contributed by atoms with Crippen LogP contribution < -0.4 is 5.32 Å². The van der Waals surface area contributed by atoms with Crippen LogP contribution in [-0.4, -0.2) is 29.1 Å². The van der Waals surface area contributed by atoms with Crippen LogP contribution in [0.2, 0.25) is 0 Å². The summed E-state index contributed by atoms with van der Waals surface area (Å²) in [6, 6.07) is 0.414. The average molecular weight is 276 g/mol. The van der Waals surface area contributed by atoms with Gasteiger partial charge in [0.2, 0.25) is 5.91 Å². The standard InChI is InChI=1S/C17H28N2O/c1-10-16(20)19(12(3)18-10)11(2)17-7-13-4-14(8-17)6-15(5-13)9-17/h10-15,18H,4-9H2,1-3H3. The Morgan fingerprint density at radius 3 is 2.00 bits per heavy atom. The molecule has 0 aromatic carbocycles. The summed E-state index contributed by atoms with van der Waals surface area (Å²) in [5.41, 5.74) is 0.435.